The molecule has 2 atom stereocenters. The Labute approximate surface area is 123 Å². The van der Waals surface area contributed by atoms with E-state index in [2.05, 4.69) is 32.9 Å². The number of allylic oxidation sites excluding steroid dienone is 3. The Kier molecular flexibility index (Phi) is 4.19. The van der Waals surface area contributed by atoms with Gasteiger partial charge in [0.15, 0.2) is 0 Å². The highest BCUT2D eigenvalue weighted by Crippen LogP contribution is 2.42. The van der Waals surface area contributed by atoms with Crippen molar-refractivity contribution in [2.45, 2.75) is 46.1 Å². The van der Waals surface area contributed by atoms with Crippen molar-refractivity contribution in [3.63, 3.8) is 0 Å². The summed E-state index contributed by atoms with van der Waals surface area (Å²) in [5.41, 5.74) is 1.71. The molecule has 2 unspecified atom stereocenters. The van der Waals surface area contributed by atoms with Gasteiger partial charge in [-0.05, 0) is 37.7 Å². The average molecular weight is 270 g/mol. The third-order valence-electron chi connectivity index (χ3n) is 4.56. The average Bonchev–Trinajstić information content (AvgIpc) is 2.38. The van der Waals surface area contributed by atoms with Crippen LogP contribution in [-0.4, -0.2) is 5.11 Å². The van der Waals surface area contributed by atoms with Gasteiger partial charge in [0.05, 0.1) is 0 Å². The Bertz CT molecular complexity index is 506. The summed E-state index contributed by atoms with van der Waals surface area (Å²) in [6.07, 6.45) is 8.85. The van der Waals surface area contributed by atoms with Crippen LogP contribution in [0.25, 0.3) is 0 Å². The van der Waals surface area contributed by atoms with E-state index in [0.717, 1.165) is 12.0 Å². The second-order valence-corrected chi connectivity index (χ2v) is 6.83. The van der Waals surface area contributed by atoms with Crippen molar-refractivity contribution in [2.24, 2.45) is 11.3 Å². The number of aliphatic hydroxyl groups is 1. The zero-order valence-electron chi connectivity index (χ0n) is 13.1. The molecule has 0 radical (unpaired) electrons. The van der Waals surface area contributed by atoms with Gasteiger partial charge in [-0.1, -0.05) is 68.0 Å². The lowest BCUT2D eigenvalue weighted by atomic mass is 9.68. The highest BCUT2D eigenvalue weighted by atomic mass is 16.3. The first kappa shape index (κ1) is 15.1. The summed E-state index contributed by atoms with van der Waals surface area (Å²) in [6.45, 7) is 8.69. The minimum absolute atomic E-state index is 0.266. The molecule has 0 bridgehead atoms. The molecule has 0 fully saturated rings. The summed E-state index contributed by atoms with van der Waals surface area (Å²) in [5, 5.41) is 10.7. The first-order valence-corrected chi connectivity index (χ1v) is 7.47. The van der Waals surface area contributed by atoms with Crippen LogP contribution in [-0.2, 0) is 5.60 Å². The molecule has 1 nitrogen and oxygen atoms in total. The largest absolute Gasteiger partial charge is 0.381 e. The van der Waals surface area contributed by atoms with Crippen molar-refractivity contribution >= 4 is 0 Å². The molecule has 0 heterocycles. The molecule has 0 spiro atoms. The van der Waals surface area contributed by atoms with Crippen LogP contribution in [0.5, 0.6) is 0 Å². The van der Waals surface area contributed by atoms with E-state index in [4.69, 9.17) is 0 Å². The maximum absolute atomic E-state index is 10.7. The molecule has 0 aliphatic heterocycles. The zero-order valence-corrected chi connectivity index (χ0v) is 13.1. The second-order valence-electron chi connectivity index (χ2n) is 6.83. The summed E-state index contributed by atoms with van der Waals surface area (Å²) in [5.74, 6) is 0.409. The van der Waals surface area contributed by atoms with E-state index < -0.39 is 5.60 Å². The Morgan fingerprint density at radius 3 is 2.50 bits per heavy atom. The van der Waals surface area contributed by atoms with Gasteiger partial charge in [-0.3, -0.25) is 0 Å². The first-order valence-electron chi connectivity index (χ1n) is 7.47. The fourth-order valence-corrected chi connectivity index (χ4v) is 3.14. The molecule has 2 rings (SSSR count). The van der Waals surface area contributed by atoms with Crippen LogP contribution in [0.1, 0.15) is 46.1 Å². The van der Waals surface area contributed by atoms with Gasteiger partial charge < -0.3 is 5.11 Å². The first-order chi connectivity index (χ1) is 9.33. The molecule has 1 aliphatic carbocycles. The van der Waals surface area contributed by atoms with Gasteiger partial charge in [-0.2, -0.15) is 0 Å². The smallest absolute Gasteiger partial charge is 0.105 e. The number of benzene rings is 1. The maximum atomic E-state index is 10.7. The summed E-state index contributed by atoms with van der Waals surface area (Å²) >= 11 is 0. The molecular formula is C19H26O. The molecule has 20 heavy (non-hydrogen) atoms. The van der Waals surface area contributed by atoms with E-state index in [9.17, 15) is 5.11 Å². The number of hydrogen-bond donors (Lipinski definition) is 1. The fraction of sp³-hybridized carbons (Fsp3) is 0.474. The number of rotatable bonds is 3. The third kappa shape index (κ3) is 3.21. The standard InChI is InChI=1S/C19H26O/c1-15-9-8-13-18(2,3)17(15)12-14-19(4,20)16-10-6-5-7-11-16/h5-7,9-12,14,17,20H,8,13H2,1-4H3/b14-12+. The Morgan fingerprint density at radius 1 is 1.25 bits per heavy atom. The molecule has 108 valence electrons. The lowest BCUT2D eigenvalue weighted by Gasteiger charge is -2.37. The zero-order chi connectivity index (χ0) is 14.8. The molecule has 1 aliphatic rings. The van der Waals surface area contributed by atoms with Crippen molar-refractivity contribution in [1.29, 1.82) is 0 Å². The minimum atomic E-state index is -0.908. The van der Waals surface area contributed by atoms with Crippen molar-refractivity contribution in [2.75, 3.05) is 0 Å². The molecular weight excluding hydrogens is 244 g/mol. The van der Waals surface area contributed by atoms with Crippen LogP contribution < -0.4 is 0 Å². The van der Waals surface area contributed by atoms with Gasteiger partial charge in [0.25, 0.3) is 0 Å². The highest BCUT2D eigenvalue weighted by Gasteiger charge is 2.31. The van der Waals surface area contributed by atoms with Crippen LogP contribution in [0.4, 0.5) is 0 Å². The van der Waals surface area contributed by atoms with Crippen LogP contribution >= 0.6 is 0 Å². The topological polar surface area (TPSA) is 20.2 Å². The van der Waals surface area contributed by atoms with E-state index in [1.807, 2.05) is 43.3 Å². The normalized spacial score (nSPS) is 25.2. The van der Waals surface area contributed by atoms with E-state index in [0.29, 0.717) is 5.92 Å². The molecule has 0 saturated heterocycles. The van der Waals surface area contributed by atoms with E-state index >= 15 is 0 Å². The Balaban J connectivity index is 2.24. The molecule has 1 aromatic rings. The SMILES string of the molecule is CC1=CCCC(C)(C)C1/C=C/C(C)(O)c1ccccc1. The van der Waals surface area contributed by atoms with Gasteiger partial charge >= 0.3 is 0 Å². The molecule has 0 aromatic heterocycles. The van der Waals surface area contributed by atoms with Gasteiger partial charge in [0, 0.05) is 5.92 Å². The van der Waals surface area contributed by atoms with Crippen molar-refractivity contribution in [3.8, 4) is 0 Å². The Morgan fingerprint density at radius 2 is 1.90 bits per heavy atom. The van der Waals surface area contributed by atoms with Gasteiger partial charge in [0.2, 0.25) is 0 Å². The Hall–Kier alpha value is -1.34. The molecule has 1 aromatic carbocycles. The van der Waals surface area contributed by atoms with Crippen molar-refractivity contribution < 1.29 is 5.11 Å². The summed E-state index contributed by atoms with van der Waals surface area (Å²) < 4.78 is 0. The summed E-state index contributed by atoms with van der Waals surface area (Å²) in [7, 11) is 0. The lowest BCUT2D eigenvalue weighted by Crippen LogP contribution is -2.27. The predicted molar refractivity (Wildman–Crippen MR) is 85.4 cm³/mol. The summed E-state index contributed by atoms with van der Waals surface area (Å²) in [6, 6.07) is 9.85. The fourth-order valence-electron chi connectivity index (χ4n) is 3.14. The molecule has 0 saturated carbocycles. The second kappa shape index (κ2) is 5.57. The van der Waals surface area contributed by atoms with E-state index in [-0.39, 0.29) is 5.41 Å². The maximum Gasteiger partial charge on any atom is 0.105 e. The molecule has 0 amide bonds. The van der Waals surface area contributed by atoms with Crippen molar-refractivity contribution in [3.05, 3.63) is 59.7 Å². The predicted octanol–water partition coefficient (Wildman–Crippen LogP) is 4.83. The minimum Gasteiger partial charge on any atom is -0.381 e. The van der Waals surface area contributed by atoms with Crippen molar-refractivity contribution in [1.82, 2.24) is 0 Å². The number of hydrogen-bond acceptors (Lipinski definition) is 1. The third-order valence-corrected chi connectivity index (χ3v) is 4.56. The van der Waals surface area contributed by atoms with E-state index in [1.54, 1.807) is 0 Å². The molecule has 1 N–H and O–H groups in total. The van der Waals surface area contributed by atoms with Gasteiger partial charge in [0.1, 0.15) is 5.60 Å². The van der Waals surface area contributed by atoms with Crippen LogP contribution in [0.2, 0.25) is 0 Å². The van der Waals surface area contributed by atoms with E-state index in [1.165, 1.54) is 12.0 Å². The monoisotopic (exact) mass is 270 g/mol. The van der Waals surface area contributed by atoms with Gasteiger partial charge in [-0.25, -0.2) is 0 Å². The summed E-state index contributed by atoms with van der Waals surface area (Å²) in [4.78, 5) is 0. The van der Waals surface area contributed by atoms with Crippen LogP contribution in [0, 0.1) is 11.3 Å². The van der Waals surface area contributed by atoms with Crippen LogP contribution in [0.15, 0.2) is 54.1 Å². The lowest BCUT2D eigenvalue weighted by molar-refractivity contribution is 0.110. The van der Waals surface area contributed by atoms with Gasteiger partial charge in [-0.15, -0.1) is 0 Å². The quantitative estimate of drug-likeness (QED) is 0.780. The highest BCUT2D eigenvalue weighted by molar-refractivity contribution is 5.28. The molecule has 1 heteroatoms. The van der Waals surface area contributed by atoms with Crippen LogP contribution in [0.3, 0.4) is 0 Å².